The number of fused-ring (bicyclic) bond motifs is 1. The summed E-state index contributed by atoms with van der Waals surface area (Å²) in [5.74, 6) is 1.12. The van der Waals surface area contributed by atoms with Gasteiger partial charge in [-0.15, -0.1) is 0 Å². The molecule has 2 N–H and O–H groups in total. The predicted molar refractivity (Wildman–Crippen MR) is 74.8 cm³/mol. The third kappa shape index (κ3) is 2.48. The van der Waals surface area contributed by atoms with Crippen LogP contribution in [0.5, 0.6) is 0 Å². The van der Waals surface area contributed by atoms with Gasteiger partial charge in [0.2, 0.25) is 0 Å². The summed E-state index contributed by atoms with van der Waals surface area (Å²) in [5.41, 5.74) is 6.64. The number of nitrogens with zero attached hydrogens (tertiary/aromatic N) is 4. The van der Waals surface area contributed by atoms with Gasteiger partial charge in [0, 0.05) is 11.5 Å². The second-order valence-corrected chi connectivity index (χ2v) is 4.99. The number of anilines is 1. The SMILES string of the molecule is Cc1nc(N)cc(Sc2ncnc3ccccc23)n1. The summed E-state index contributed by atoms with van der Waals surface area (Å²) >= 11 is 1.46. The highest BCUT2D eigenvalue weighted by Crippen LogP contribution is 2.30. The molecule has 0 amide bonds. The standard InChI is InChI=1S/C13H11N5S/c1-8-17-11(14)6-12(18-8)19-13-9-4-2-3-5-10(9)15-7-16-13/h2-7H,1H3,(H2,14,17,18). The maximum atomic E-state index is 5.73. The minimum absolute atomic E-state index is 0.466. The lowest BCUT2D eigenvalue weighted by Gasteiger charge is -2.05. The first kappa shape index (κ1) is 11.9. The van der Waals surface area contributed by atoms with E-state index in [0.29, 0.717) is 11.6 Å². The van der Waals surface area contributed by atoms with Gasteiger partial charge in [-0.25, -0.2) is 19.9 Å². The molecule has 0 radical (unpaired) electrons. The Hall–Kier alpha value is -2.21. The van der Waals surface area contributed by atoms with Gasteiger partial charge < -0.3 is 5.73 Å². The van der Waals surface area contributed by atoms with Crippen LogP contribution in [0.1, 0.15) is 5.82 Å². The average molecular weight is 269 g/mol. The Labute approximate surface area is 114 Å². The molecule has 5 nitrogen and oxygen atoms in total. The van der Waals surface area contributed by atoms with Crippen molar-refractivity contribution >= 4 is 28.5 Å². The number of nitrogens with two attached hydrogens (primary N) is 1. The number of aryl methyl sites for hydroxylation is 1. The molecule has 0 aliphatic carbocycles. The Kier molecular flexibility index (Phi) is 3.00. The van der Waals surface area contributed by atoms with E-state index in [-0.39, 0.29) is 0 Å². The smallest absolute Gasteiger partial charge is 0.128 e. The van der Waals surface area contributed by atoms with Crippen LogP contribution in [-0.4, -0.2) is 19.9 Å². The summed E-state index contributed by atoms with van der Waals surface area (Å²) in [6.07, 6.45) is 1.56. The first-order valence-corrected chi connectivity index (χ1v) is 6.53. The van der Waals surface area contributed by atoms with Crippen molar-refractivity contribution in [2.75, 3.05) is 5.73 Å². The Balaban J connectivity index is 2.05. The van der Waals surface area contributed by atoms with E-state index in [0.717, 1.165) is 21.0 Å². The van der Waals surface area contributed by atoms with E-state index in [9.17, 15) is 0 Å². The number of nitrogen functional groups attached to an aromatic ring is 1. The van der Waals surface area contributed by atoms with Crippen molar-refractivity contribution in [3.63, 3.8) is 0 Å². The average Bonchev–Trinajstić information content (AvgIpc) is 2.38. The van der Waals surface area contributed by atoms with Gasteiger partial charge in [0.05, 0.1) is 5.52 Å². The maximum Gasteiger partial charge on any atom is 0.128 e. The Morgan fingerprint density at radius 2 is 1.95 bits per heavy atom. The molecule has 2 aromatic heterocycles. The fraction of sp³-hybridized carbons (Fsp3) is 0.0769. The van der Waals surface area contributed by atoms with E-state index in [4.69, 9.17) is 5.73 Å². The minimum atomic E-state index is 0.466. The van der Waals surface area contributed by atoms with Crippen LogP contribution in [0.2, 0.25) is 0 Å². The number of rotatable bonds is 2. The molecule has 6 heteroatoms. The fourth-order valence-corrected chi connectivity index (χ4v) is 2.71. The summed E-state index contributed by atoms with van der Waals surface area (Å²) in [4.78, 5) is 17.0. The van der Waals surface area contributed by atoms with Gasteiger partial charge in [-0.05, 0) is 24.8 Å². The summed E-state index contributed by atoms with van der Waals surface area (Å²) in [5, 5.41) is 2.65. The van der Waals surface area contributed by atoms with Crippen LogP contribution in [0.3, 0.4) is 0 Å². The molecule has 0 saturated carbocycles. The van der Waals surface area contributed by atoms with Crippen molar-refractivity contribution < 1.29 is 0 Å². The van der Waals surface area contributed by atoms with Gasteiger partial charge >= 0.3 is 0 Å². The lowest BCUT2D eigenvalue weighted by molar-refractivity contribution is 0.971. The molecule has 19 heavy (non-hydrogen) atoms. The van der Waals surface area contributed by atoms with Gasteiger partial charge in [0.1, 0.15) is 28.0 Å². The van der Waals surface area contributed by atoms with Crippen LogP contribution in [-0.2, 0) is 0 Å². The van der Waals surface area contributed by atoms with E-state index in [1.807, 2.05) is 31.2 Å². The molecule has 94 valence electrons. The number of hydrogen-bond acceptors (Lipinski definition) is 6. The zero-order valence-corrected chi connectivity index (χ0v) is 11.1. The van der Waals surface area contributed by atoms with Crippen molar-refractivity contribution in [3.8, 4) is 0 Å². The molecule has 0 unspecified atom stereocenters. The third-order valence-corrected chi connectivity index (χ3v) is 3.48. The van der Waals surface area contributed by atoms with Crippen molar-refractivity contribution in [2.24, 2.45) is 0 Å². The Morgan fingerprint density at radius 1 is 1.11 bits per heavy atom. The van der Waals surface area contributed by atoms with Crippen LogP contribution >= 0.6 is 11.8 Å². The van der Waals surface area contributed by atoms with E-state index < -0.39 is 0 Å². The van der Waals surface area contributed by atoms with Crippen molar-refractivity contribution in [3.05, 3.63) is 42.5 Å². The quantitative estimate of drug-likeness (QED) is 0.720. The zero-order chi connectivity index (χ0) is 13.2. The van der Waals surface area contributed by atoms with Crippen LogP contribution in [0.15, 0.2) is 46.7 Å². The molecule has 1 aromatic carbocycles. The number of aromatic nitrogens is 4. The summed E-state index contributed by atoms with van der Waals surface area (Å²) < 4.78 is 0. The summed E-state index contributed by atoms with van der Waals surface area (Å²) in [7, 11) is 0. The Morgan fingerprint density at radius 3 is 2.79 bits per heavy atom. The first-order chi connectivity index (χ1) is 9.22. The highest BCUT2D eigenvalue weighted by atomic mass is 32.2. The van der Waals surface area contributed by atoms with E-state index in [2.05, 4.69) is 19.9 Å². The van der Waals surface area contributed by atoms with E-state index in [1.165, 1.54) is 11.8 Å². The molecule has 0 atom stereocenters. The topological polar surface area (TPSA) is 77.6 Å². The van der Waals surface area contributed by atoms with Crippen LogP contribution in [0, 0.1) is 6.92 Å². The molecular formula is C13H11N5S. The molecule has 2 heterocycles. The van der Waals surface area contributed by atoms with Crippen LogP contribution < -0.4 is 5.73 Å². The second-order valence-electron chi connectivity index (χ2n) is 3.98. The van der Waals surface area contributed by atoms with Crippen molar-refractivity contribution in [1.82, 2.24) is 19.9 Å². The van der Waals surface area contributed by atoms with Gasteiger partial charge in [0.25, 0.3) is 0 Å². The predicted octanol–water partition coefficient (Wildman–Crippen LogP) is 2.46. The molecule has 0 bridgehead atoms. The lowest BCUT2D eigenvalue weighted by Crippen LogP contribution is -1.96. The molecule has 3 aromatic rings. The molecule has 3 rings (SSSR count). The Bertz CT molecular complexity index is 718. The number of hydrogen-bond donors (Lipinski definition) is 1. The molecule has 0 spiro atoms. The highest BCUT2D eigenvalue weighted by molar-refractivity contribution is 7.99. The maximum absolute atomic E-state index is 5.73. The molecule has 0 fully saturated rings. The summed E-state index contributed by atoms with van der Waals surface area (Å²) in [6, 6.07) is 9.62. The number of benzene rings is 1. The van der Waals surface area contributed by atoms with Crippen LogP contribution in [0.4, 0.5) is 5.82 Å². The van der Waals surface area contributed by atoms with Gasteiger partial charge in [0.15, 0.2) is 0 Å². The largest absolute Gasteiger partial charge is 0.384 e. The van der Waals surface area contributed by atoms with Gasteiger partial charge in [-0.2, -0.15) is 0 Å². The molecule has 0 aliphatic rings. The second kappa shape index (κ2) is 4.81. The normalized spacial score (nSPS) is 10.8. The molecule has 0 aliphatic heterocycles. The van der Waals surface area contributed by atoms with Crippen molar-refractivity contribution in [2.45, 2.75) is 17.0 Å². The van der Waals surface area contributed by atoms with Gasteiger partial charge in [-0.1, -0.05) is 18.2 Å². The third-order valence-electron chi connectivity index (χ3n) is 2.54. The van der Waals surface area contributed by atoms with E-state index >= 15 is 0 Å². The molecule has 0 saturated heterocycles. The van der Waals surface area contributed by atoms with Gasteiger partial charge in [-0.3, -0.25) is 0 Å². The van der Waals surface area contributed by atoms with E-state index in [1.54, 1.807) is 12.4 Å². The highest BCUT2D eigenvalue weighted by Gasteiger charge is 2.07. The summed E-state index contributed by atoms with van der Waals surface area (Å²) in [6.45, 7) is 1.82. The van der Waals surface area contributed by atoms with Crippen LogP contribution in [0.25, 0.3) is 10.9 Å². The minimum Gasteiger partial charge on any atom is -0.384 e. The zero-order valence-electron chi connectivity index (χ0n) is 10.2. The fourth-order valence-electron chi connectivity index (χ4n) is 1.78. The monoisotopic (exact) mass is 269 g/mol. The number of para-hydroxylation sites is 1. The molecular weight excluding hydrogens is 258 g/mol. The first-order valence-electron chi connectivity index (χ1n) is 5.71. The van der Waals surface area contributed by atoms with Crippen molar-refractivity contribution in [1.29, 1.82) is 0 Å². The lowest BCUT2D eigenvalue weighted by atomic mass is 10.2.